The molecule has 0 heterocycles. The molecule has 0 saturated carbocycles. The second kappa shape index (κ2) is 7.06. The summed E-state index contributed by atoms with van der Waals surface area (Å²) in [6, 6.07) is 2.20. The third-order valence-corrected chi connectivity index (χ3v) is 2.72. The molecule has 1 aromatic carbocycles. The topological polar surface area (TPSA) is 107 Å². The molecule has 110 valence electrons. The third-order valence-electron chi connectivity index (χ3n) is 2.41. The lowest BCUT2D eigenvalue weighted by Gasteiger charge is -2.10. The van der Waals surface area contributed by atoms with Gasteiger partial charge in [0.15, 0.2) is 0 Å². The number of nitro benzene ring substituents is 1. The zero-order chi connectivity index (χ0) is 15.3. The largest absolute Gasteiger partial charge is 0.397 e. The van der Waals surface area contributed by atoms with E-state index in [1.165, 1.54) is 0 Å². The van der Waals surface area contributed by atoms with Gasteiger partial charge in [-0.2, -0.15) is 0 Å². The summed E-state index contributed by atoms with van der Waals surface area (Å²) < 4.78 is 5.26. The zero-order valence-corrected chi connectivity index (χ0v) is 11.9. The van der Waals surface area contributed by atoms with Crippen LogP contribution in [0.4, 0.5) is 11.4 Å². The fraction of sp³-hybridized carbons (Fsp3) is 0.417. The van der Waals surface area contributed by atoms with Gasteiger partial charge in [-0.05, 0) is 13.8 Å². The van der Waals surface area contributed by atoms with Gasteiger partial charge in [0.05, 0.1) is 33.9 Å². The number of carbonyl (C=O) groups is 1. The number of rotatable bonds is 6. The number of benzene rings is 1. The van der Waals surface area contributed by atoms with Gasteiger partial charge in [0.1, 0.15) is 0 Å². The molecule has 0 aromatic heterocycles. The van der Waals surface area contributed by atoms with Crippen molar-refractivity contribution in [3.05, 3.63) is 32.8 Å². The van der Waals surface area contributed by atoms with Crippen molar-refractivity contribution in [3.63, 3.8) is 0 Å². The van der Waals surface area contributed by atoms with Crippen molar-refractivity contribution >= 4 is 28.9 Å². The molecule has 0 atom stereocenters. The summed E-state index contributed by atoms with van der Waals surface area (Å²) in [5, 5.41) is 13.3. The number of nitrogens with two attached hydrogens (primary N) is 1. The Labute approximate surface area is 121 Å². The predicted molar refractivity (Wildman–Crippen MR) is 75.9 cm³/mol. The summed E-state index contributed by atoms with van der Waals surface area (Å²) in [6.07, 6.45) is 0.0595. The molecule has 8 heteroatoms. The normalized spacial score (nSPS) is 10.6. The van der Waals surface area contributed by atoms with Gasteiger partial charge in [-0.15, -0.1) is 0 Å². The number of non-ortho nitro benzene ring substituents is 1. The van der Waals surface area contributed by atoms with Crippen molar-refractivity contribution in [2.24, 2.45) is 0 Å². The van der Waals surface area contributed by atoms with Crippen molar-refractivity contribution in [1.82, 2.24) is 5.32 Å². The van der Waals surface area contributed by atoms with E-state index in [9.17, 15) is 14.9 Å². The monoisotopic (exact) mass is 301 g/mol. The Kier molecular flexibility index (Phi) is 5.72. The summed E-state index contributed by atoms with van der Waals surface area (Å²) in [6.45, 7) is 4.36. The summed E-state index contributed by atoms with van der Waals surface area (Å²) in [5.41, 5.74) is 5.37. The van der Waals surface area contributed by atoms with Gasteiger partial charge in [-0.25, -0.2) is 0 Å². The van der Waals surface area contributed by atoms with Crippen molar-refractivity contribution in [3.8, 4) is 0 Å². The fourth-order valence-corrected chi connectivity index (χ4v) is 1.66. The molecule has 7 nitrogen and oxygen atoms in total. The second-order valence-electron chi connectivity index (χ2n) is 4.32. The van der Waals surface area contributed by atoms with E-state index < -0.39 is 10.8 Å². The van der Waals surface area contributed by atoms with Crippen LogP contribution < -0.4 is 11.1 Å². The van der Waals surface area contributed by atoms with Crippen LogP contribution in [0.3, 0.4) is 0 Å². The van der Waals surface area contributed by atoms with Gasteiger partial charge in [0.2, 0.25) is 0 Å². The van der Waals surface area contributed by atoms with Crippen LogP contribution in [0.25, 0.3) is 0 Å². The summed E-state index contributed by atoms with van der Waals surface area (Å²) in [5.74, 6) is -0.527. The van der Waals surface area contributed by atoms with Crippen molar-refractivity contribution < 1.29 is 14.5 Å². The highest BCUT2D eigenvalue weighted by Gasteiger charge is 2.18. The highest BCUT2D eigenvalue weighted by Crippen LogP contribution is 2.28. The number of ether oxygens (including phenoxy) is 1. The van der Waals surface area contributed by atoms with Gasteiger partial charge in [0, 0.05) is 18.7 Å². The minimum absolute atomic E-state index is 0.0135. The van der Waals surface area contributed by atoms with Gasteiger partial charge in [-0.3, -0.25) is 14.9 Å². The maximum atomic E-state index is 11.9. The second-order valence-corrected chi connectivity index (χ2v) is 4.73. The SMILES string of the molecule is CC(C)OCCNC(=O)c1cc([N+](=O)[O-])cc(Cl)c1N. The van der Waals surface area contributed by atoms with Crippen molar-refractivity contribution in [1.29, 1.82) is 0 Å². The standard InChI is InChI=1S/C12H16ClN3O4/c1-7(2)20-4-3-15-12(17)9-5-8(16(18)19)6-10(13)11(9)14/h5-7H,3-4,14H2,1-2H3,(H,15,17). The number of carbonyl (C=O) groups excluding carboxylic acids is 1. The van der Waals surface area contributed by atoms with Crippen LogP contribution in [-0.4, -0.2) is 30.1 Å². The number of nitrogen functional groups attached to an aromatic ring is 1. The van der Waals surface area contributed by atoms with Crippen LogP contribution >= 0.6 is 11.6 Å². The molecular weight excluding hydrogens is 286 g/mol. The first kappa shape index (κ1) is 16.2. The Morgan fingerprint density at radius 3 is 2.75 bits per heavy atom. The van der Waals surface area contributed by atoms with E-state index in [-0.39, 0.29) is 34.6 Å². The number of nitrogens with one attached hydrogen (secondary N) is 1. The van der Waals surface area contributed by atoms with Crippen LogP contribution in [0, 0.1) is 10.1 Å². The molecule has 0 unspecified atom stereocenters. The zero-order valence-electron chi connectivity index (χ0n) is 11.2. The molecule has 0 aliphatic heterocycles. The summed E-state index contributed by atoms with van der Waals surface area (Å²) in [4.78, 5) is 22.0. The Morgan fingerprint density at radius 1 is 1.55 bits per heavy atom. The van der Waals surface area contributed by atoms with E-state index in [1.807, 2.05) is 13.8 Å². The highest BCUT2D eigenvalue weighted by molar-refractivity contribution is 6.34. The van der Waals surface area contributed by atoms with Gasteiger partial charge in [-0.1, -0.05) is 11.6 Å². The summed E-state index contributed by atoms with van der Waals surface area (Å²) >= 11 is 5.78. The van der Waals surface area contributed by atoms with Gasteiger partial charge >= 0.3 is 0 Å². The van der Waals surface area contributed by atoms with E-state index in [4.69, 9.17) is 22.1 Å². The summed E-state index contributed by atoms with van der Waals surface area (Å²) in [7, 11) is 0. The van der Waals surface area contributed by atoms with Crippen LogP contribution in [0.15, 0.2) is 12.1 Å². The molecule has 3 N–H and O–H groups in total. The van der Waals surface area contributed by atoms with Gasteiger partial charge in [0.25, 0.3) is 11.6 Å². The molecule has 0 spiro atoms. The molecule has 20 heavy (non-hydrogen) atoms. The highest BCUT2D eigenvalue weighted by atomic mass is 35.5. The number of hydrogen-bond acceptors (Lipinski definition) is 5. The lowest BCUT2D eigenvalue weighted by Crippen LogP contribution is -2.28. The minimum atomic E-state index is -0.635. The first-order chi connectivity index (χ1) is 9.32. The van der Waals surface area contributed by atoms with Crippen LogP contribution in [-0.2, 0) is 4.74 Å². The average Bonchev–Trinajstić information content (AvgIpc) is 2.36. The minimum Gasteiger partial charge on any atom is -0.397 e. The Bertz CT molecular complexity index is 520. The molecule has 0 aliphatic rings. The van der Waals surface area contributed by atoms with Crippen molar-refractivity contribution in [2.75, 3.05) is 18.9 Å². The molecule has 1 rings (SSSR count). The van der Waals surface area contributed by atoms with E-state index in [2.05, 4.69) is 5.32 Å². The van der Waals surface area contributed by atoms with Gasteiger partial charge < -0.3 is 15.8 Å². The first-order valence-electron chi connectivity index (χ1n) is 5.96. The lowest BCUT2D eigenvalue weighted by atomic mass is 10.1. The number of nitro groups is 1. The first-order valence-corrected chi connectivity index (χ1v) is 6.34. The number of halogens is 1. The Hall–Kier alpha value is -1.86. The van der Waals surface area contributed by atoms with E-state index in [0.717, 1.165) is 12.1 Å². The molecule has 0 bridgehead atoms. The third kappa shape index (κ3) is 4.36. The van der Waals surface area contributed by atoms with Crippen LogP contribution in [0.5, 0.6) is 0 Å². The van der Waals surface area contributed by atoms with E-state index in [0.29, 0.717) is 6.61 Å². The number of nitrogens with zero attached hydrogens (tertiary/aromatic N) is 1. The molecule has 0 saturated heterocycles. The number of anilines is 1. The Balaban J connectivity index is 2.79. The quantitative estimate of drug-likeness (QED) is 0.361. The number of amides is 1. The fourth-order valence-electron chi connectivity index (χ4n) is 1.45. The van der Waals surface area contributed by atoms with Crippen LogP contribution in [0.2, 0.25) is 5.02 Å². The maximum Gasteiger partial charge on any atom is 0.271 e. The van der Waals surface area contributed by atoms with Crippen LogP contribution in [0.1, 0.15) is 24.2 Å². The maximum absolute atomic E-state index is 11.9. The molecule has 1 aromatic rings. The molecule has 1 amide bonds. The lowest BCUT2D eigenvalue weighted by molar-refractivity contribution is -0.384. The predicted octanol–water partition coefficient (Wildman–Crippen LogP) is 1.99. The number of hydrogen-bond donors (Lipinski definition) is 2. The molecule has 0 aliphatic carbocycles. The average molecular weight is 302 g/mol. The Morgan fingerprint density at radius 2 is 2.20 bits per heavy atom. The van der Waals surface area contributed by atoms with Crippen molar-refractivity contribution in [2.45, 2.75) is 20.0 Å². The van der Waals surface area contributed by atoms with E-state index in [1.54, 1.807) is 0 Å². The van der Waals surface area contributed by atoms with E-state index >= 15 is 0 Å². The molecule has 0 fully saturated rings. The smallest absolute Gasteiger partial charge is 0.271 e. The molecular formula is C12H16ClN3O4. The molecule has 0 radical (unpaired) electrons.